The van der Waals surface area contributed by atoms with Crippen LogP contribution >= 0.6 is 0 Å². The summed E-state index contributed by atoms with van der Waals surface area (Å²) in [6, 6.07) is 10.4. The number of hydrogen-bond acceptors (Lipinski definition) is 2. The van der Waals surface area contributed by atoms with Crippen molar-refractivity contribution in [3.63, 3.8) is 0 Å². The van der Waals surface area contributed by atoms with Crippen LogP contribution in [0.15, 0.2) is 30.3 Å². The molecule has 94 valence electrons. The average molecular weight is 234 g/mol. The highest BCUT2D eigenvalue weighted by Gasteiger charge is 2.20. The van der Waals surface area contributed by atoms with Crippen molar-refractivity contribution in [1.29, 1.82) is 0 Å². The van der Waals surface area contributed by atoms with E-state index in [9.17, 15) is 4.79 Å². The molecule has 3 nitrogen and oxygen atoms in total. The summed E-state index contributed by atoms with van der Waals surface area (Å²) in [7, 11) is 0. The number of benzene rings is 1. The standard InChI is InChI=1S/C14H22N2O/c1-11(13(15)17)9-16-10-14(2,3)12-7-5-4-6-8-12/h4-8,11,16H,9-10H2,1-3H3,(H2,15,17). The van der Waals surface area contributed by atoms with Gasteiger partial charge in [-0.1, -0.05) is 51.1 Å². The van der Waals surface area contributed by atoms with Crippen LogP contribution in [0, 0.1) is 5.92 Å². The van der Waals surface area contributed by atoms with Crippen LogP contribution in [0.3, 0.4) is 0 Å². The lowest BCUT2D eigenvalue weighted by Crippen LogP contribution is -2.38. The van der Waals surface area contributed by atoms with Gasteiger partial charge in [0.15, 0.2) is 0 Å². The van der Waals surface area contributed by atoms with Crippen LogP contribution in [0.25, 0.3) is 0 Å². The van der Waals surface area contributed by atoms with E-state index in [1.807, 2.05) is 25.1 Å². The van der Waals surface area contributed by atoms with Crippen LogP contribution < -0.4 is 11.1 Å². The molecular weight excluding hydrogens is 212 g/mol. The number of primary amides is 1. The quantitative estimate of drug-likeness (QED) is 0.786. The molecule has 0 aliphatic rings. The molecule has 0 radical (unpaired) electrons. The highest BCUT2D eigenvalue weighted by atomic mass is 16.1. The van der Waals surface area contributed by atoms with Crippen LogP contribution in [0.4, 0.5) is 0 Å². The molecule has 0 bridgehead atoms. The van der Waals surface area contributed by atoms with Gasteiger partial charge in [-0.25, -0.2) is 0 Å². The van der Waals surface area contributed by atoms with Crippen LogP contribution in [-0.2, 0) is 10.2 Å². The van der Waals surface area contributed by atoms with Gasteiger partial charge in [0, 0.05) is 24.4 Å². The van der Waals surface area contributed by atoms with Crippen molar-refractivity contribution in [2.75, 3.05) is 13.1 Å². The maximum Gasteiger partial charge on any atom is 0.221 e. The fourth-order valence-corrected chi connectivity index (χ4v) is 1.69. The summed E-state index contributed by atoms with van der Waals surface area (Å²) in [5.74, 6) is -0.378. The lowest BCUT2D eigenvalue weighted by Gasteiger charge is -2.26. The number of rotatable bonds is 6. The van der Waals surface area contributed by atoms with Crippen molar-refractivity contribution in [2.45, 2.75) is 26.2 Å². The molecule has 0 aliphatic heterocycles. The molecule has 0 saturated heterocycles. The number of amides is 1. The van der Waals surface area contributed by atoms with E-state index in [1.54, 1.807) is 0 Å². The second-order valence-electron chi connectivity index (χ2n) is 5.18. The second kappa shape index (κ2) is 5.82. The minimum atomic E-state index is -0.255. The topological polar surface area (TPSA) is 55.1 Å². The fraction of sp³-hybridized carbons (Fsp3) is 0.500. The van der Waals surface area contributed by atoms with E-state index in [-0.39, 0.29) is 17.2 Å². The molecule has 1 amide bonds. The van der Waals surface area contributed by atoms with Gasteiger partial charge in [0.2, 0.25) is 5.91 Å². The van der Waals surface area contributed by atoms with Gasteiger partial charge in [-0.05, 0) is 5.56 Å². The van der Waals surface area contributed by atoms with Crippen molar-refractivity contribution >= 4 is 5.91 Å². The Bertz CT molecular complexity index is 360. The number of nitrogens with one attached hydrogen (secondary N) is 1. The Morgan fingerprint density at radius 2 is 1.94 bits per heavy atom. The highest BCUT2D eigenvalue weighted by Crippen LogP contribution is 2.21. The molecule has 0 saturated carbocycles. The van der Waals surface area contributed by atoms with Crippen molar-refractivity contribution in [1.82, 2.24) is 5.32 Å². The Labute approximate surface area is 103 Å². The first-order valence-electron chi connectivity index (χ1n) is 5.99. The van der Waals surface area contributed by atoms with E-state index >= 15 is 0 Å². The zero-order valence-electron chi connectivity index (χ0n) is 10.9. The molecular formula is C14H22N2O. The second-order valence-corrected chi connectivity index (χ2v) is 5.18. The number of nitrogens with two attached hydrogens (primary N) is 1. The lowest BCUT2D eigenvalue weighted by atomic mass is 9.84. The van der Waals surface area contributed by atoms with E-state index < -0.39 is 0 Å². The Hall–Kier alpha value is -1.35. The SMILES string of the molecule is CC(CNCC(C)(C)c1ccccc1)C(N)=O. The fourth-order valence-electron chi connectivity index (χ4n) is 1.69. The lowest BCUT2D eigenvalue weighted by molar-refractivity contribution is -0.121. The monoisotopic (exact) mass is 234 g/mol. The smallest absolute Gasteiger partial charge is 0.221 e. The molecule has 3 N–H and O–H groups in total. The van der Waals surface area contributed by atoms with Gasteiger partial charge in [0.1, 0.15) is 0 Å². The number of hydrogen-bond donors (Lipinski definition) is 2. The van der Waals surface area contributed by atoms with Crippen LogP contribution in [0.2, 0.25) is 0 Å². The Morgan fingerprint density at radius 3 is 2.47 bits per heavy atom. The normalized spacial score (nSPS) is 13.4. The summed E-state index contributed by atoms with van der Waals surface area (Å²) in [6.45, 7) is 7.67. The average Bonchev–Trinajstić information content (AvgIpc) is 2.29. The summed E-state index contributed by atoms with van der Waals surface area (Å²) in [5, 5.41) is 3.30. The van der Waals surface area contributed by atoms with Gasteiger partial charge >= 0.3 is 0 Å². The Kier molecular flexibility index (Phi) is 4.70. The van der Waals surface area contributed by atoms with E-state index in [0.29, 0.717) is 6.54 Å². The molecule has 0 aromatic heterocycles. The van der Waals surface area contributed by atoms with E-state index in [0.717, 1.165) is 6.54 Å². The minimum absolute atomic E-state index is 0.0542. The van der Waals surface area contributed by atoms with Gasteiger partial charge in [-0.2, -0.15) is 0 Å². The molecule has 1 rings (SSSR count). The molecule has 1 unspecified atom stereocenters. The van der Waals surface area contributed by atoms with Crippen LogP contribution in [0.5, 0.6) is 0 Å². The molecule has 1 aromatic rings. The van der Waals surface area contributed by atoms with Crippen molar-refractivity contribution in [3.05, 3.63) is 35.9 Å². The molecule has 1 atom stereocenters. The van der Waals surface area contributed by atoms with Crippen LogP contribution in [-0.4, -0.2) is 19.0 Å². The number of carbonyl (C=O) groups is 1. The third kappa shape index (κ3) is 4.19. The summed E-state index contributed by atoms with van der Waals surface area (Å²) in [6.07, 6.45) is 0. The summed E-state index contributed by atoms with van der Waals surface area (Å²) in [4.78, 5) is 10.9. The molecule has 1 aromatic carbocycles. The Morgan fingerprint density at radius 1 is 1.35 bits per heavy atom. The molecule has 0 heterocycles. The molecule has 17 heavy (non-hydrogen) atoms. The maximum atomic E-state index is 10.9. The van der Waals surface area contributed by atoms with Crippen molar-refractivity contribution in [2.24, 2.45) is 11.7 Å². The van der Waals surface area contributed by atoms with Crippen molar-refractivity contribution in [3.8, 4) is 0 Å². The summed E-state index contributed by atoms with van der Waals surface area (Å²) in [5.41, 5.74) is 6.56. The van der Waals surface area contributed by atoms with Gasteiger partial charge in [-0.15, -0.1) is 0 Å². The molecule has 3 heteroatoms. The maximum absolute atomic E-state index is 10.9. The van der Waals surface area contributed by atoms with E-state index in [1.165, 1.54) is 5.56 Å². The van der Waals surface area contributed by atoms with E-state index in [4.69, 9.17) is 5.73 Å². The molecule has 0 aliphatic carbocycles. The largest absolute Gasteiger partial charge is 0.369 e. The zero-order chi connectivity index (χ0) is 12.9. The van der Waals surface area contributed by atoms with Crippen molar-refractivity contribution < 1.29 is 4.79 Å². The Balaban J connectivity index is 2.48. The zero-order valence-corrected chi connectivity index (χ0v) is 10.9. The predicted molar refractivity (Wildman–Crippen MR) is 70.7 cm³/mol. The summed E-state index contributed by atoms with van der Waals surface area (Å²) < 4.78 is 0. The van der Waals surface area contributed by atoms with Gasteiger partial charge in [-0.3, -0.25) is 4.79 Å². The molecule has 0 spiro atoms. The minimum Gasteiger partial charge on any atom is -0.369 e. The first kappa shape index (κ1) is 13.7. The first-order valence-corrected chi connectivity index (χ1v) is 5.99. The van der Waals surface area contributed by atoms with Gasteiger partial charge in [0.25, 0.3) is 0 Å². The summed E-state index contributed by atoms with van der Waals surface area (Å²) >= 11 is 0. The third-order valence-electron chi connectivity index (χ3n) is 3.06. The van der Waals surface area contributed by atoms with E-state index in [2.05, 4.69) is 31.3 Å². The first-order chi connectivity index (χ1) is 7.93. The molecule has 0 fully saturated rings. The highest BCUT2D eigenvalue weighted by molar-refractivity contribution is 5.76. The van der Waals surface area contributed by atoms with Gasteiger partial charge in [0.05, 0.1) is 0 Å². The number of carbonyl (C=O) groups excluding carboxylic acids is 1. The van der Waals surface area contributed by atoms with Crippen LogP contribution in [0.1, 0.15) is 26.3 Å². The predicted octanol–water partition coefficient (Wildman–Crippen LogP) is 1.68. The van der Waals surface area contributed by atoms with Gasteiger partial charge < -0.3 is 11.1 Å². The third-order valence-corrected chi connectivity index (χ3v) is 3.06.